The minimum Gasteiger partial charge on any atom is -0.310 e. The van der Waals surface area contributed by atoms with Gasteiger partial charge in [0.1, 0.15) is 0 Å². The summed E-state index contributed by atoms with van der Waals surface area (Å²) in [6.45, 7) is 3.36. The summed E-state index contributed by atoms with van der Waals surface area (Å²) in [5.74, 6) is 2.98. The Kier molecular flexibility index (Phi) is 3.76. The minimum absolute atomic E-state index is 0.660. The summed E-state index contributed by atoms with van der Waals surface area (Å²) >= 11 is 3.62. The molecule has 0 aliphatic heterocycles. The monoisotopic (exact) mass is 307 g/mol. The highest BCUT2D eigenvalue weighted by Crippen LogP contribution is 2.49. The van der Waals surface area contributed by atoms with Crippen molar-refractivity contribution in [2.45, 2.75) is 45.2 Å². The van der Waals surface area contributed by atoms with Crippen LogP contribution in [0.3, 0.4) is 0 Å². The predicted molar refractivity (Wildman–Crippen MR) is 79.4 cm³/mol. The molecule has 2 fully saturated rings. The van der Waals surface area contributed by atoms with Gasteiger partial charge in [0, 0.05) is 17.1 Å². The number of hydrogen-bond donors (Lipinski definition) is 1. The highest BCUT2D eigenvalue weighted by molar-refractivity contribution is 9.10. The molecule has 0 unspecified atom stereocenters. The van der Waals surface area contributed by atoms with E-state index in [1.807, 2.05) is 0 Å². The van der Waals surface area contributed by atoms with E-state index in [0.29, 0.717) is 6.04 Å². The zero-order valence-electron chi connectivity index (χ0n) is 11.0. The first-order chi connectivity index (χ1) is 8.74. The molecule has 1 aromatic rings. The van der Waals surface area contributed by atoms with Crippen LogP contribution in [-0.4, -0.2) is 6.04 Å². The van der Waals surface area contributed by atoms with Crippen molar-refractivity contribution in [1.82, 2.24) is 5.32 Å². The van der Waals surface area contributed by atoms with Gasteiger partial charge in [0.05, 0.1) is 0 Å². The van der Waals surface area contributed by atoms with Gasteiger partial charge < -0.3 is 5.32 Å². The lowest BCUT2D eigenvalue weighted by molar-refractivity contribution is 0.259. The third-order valence-corrected chi connectivity index (χ3v) is 5.78. The van der Waals surface area contributed by atoms with E-state index in [9.17, 15) is 0 Å². The van der Waals surface area contributed by atoms with Gasteiger partial charge in [-0.3, -0.25) is 0 Å². The standard InChI is InChI=1S/C16H22BrN/c1-11(15-9-12-6-7-13(15)8-12)18-10-14-4-2-3-5-16(14)17/h2-5,11-13,15,18H,6-10H2,1H3/t11-,12+,13+,15+/m1/s1. The Morgan fingerprint density at radius 1 is 1.28 bits per heavy atom. The van der Waals surface area contributed by atoms with E-state index in [2.05, 4.69) is 52.4 Å². The van der Waals surface area contributed by atoms with Gasteiger partial charge >= 0.3 is 0 Å². The largest absolute Gasteiger partial charge is 0.310 e. The summed E-state index contributed by atoms with van der Waals surface area (Å²) in [5, 5.41) is 3.74. The average Bonchev–Trinajstić information content (AvgIpc) is 2.99. The van der Waals surface area contributed by atoms with Gasteiger partial charge in [-0.15, -0.1) is 0 Å². The highest BCUT2D eigenvalue weighted by Gasteiger charge is 2.41. The Hall–Kier alpha value is -0.340. The number of halogens is 1. The first-order valence-electron chi connectivity index (χ1n) is 7.21. The van der Waals surface area contributed by atoms with Crippen LogP contribution < -0.4 is 5.32 Å². The van der Waals surface area contributed by atoms with Crippen LogP contribution in [0.25, 0.3) is 0 Å². The smallest absolute Gasteiger partial charge is 0.0220 e. The molecule has 0 heterocycles. The van der Waals surface area contributed by atoms with Crippen molar-refractivity contribution in [3.8, 4) is 0 Å². The normalized spacial score (nSPS) is 31.8. The highest BCUT2D eigenvalue weighted by atomic mass is 79.9. The third kappa shape index (κ3) is 2.50. The van der Waals surface area contributed by atoms with E-state index in [-0.39, 0.29) is 0 Å². The van der Waals surface area contributed by atoms with E-state index in [4.69, 9.17) is 0 Å². The number of fused-ring (bicyclic) bond motifs is 2. The number of benzene rings is 1. The molecule has 1 nitrogen and oxygen atoms in total. The van der Waals surface area contributed by atoms with E-state index in [1.165, 1.54) is 35.7 Å². The maximum atomic E-state index is 3.74. The summed E-state index contributed by atoms with van der Waals surface area (Å²) in [7, 11) is 0. The maximum absolute atomic E-state index is 3.74. The van der Waals surface area contributed by atoms with Crippen molar-refractivity contribution in [1.29, 1.82) is 0 Å². The first kappa shape index (κ1) is 12.7. The molecule has 0 saturated heterocycles. The van der Waals surface area contributed by atoms with Crippen LogP contribution in [0.1, 0.15) is 38.2 Å². The Bertz CT molecular complexity index is 417. The summed E-state index contributed by atoms with van der Waals surface area (Å²) < 4.78 is 1.22. The number of rotatable bonds is 4. The van der Waals surface area contributed by atoms with Crippen molar-refractivity contribution < 1.29 is 0 Å². The summed E-state index contributed by atoms with van der Waals surface area (Å²) in [4.78, 5) is 0. The molecule has 3 rings (SSSR count). The van der Waals surface area contributed by atoms with Crippen molar-refractivity contribution >= 4 is 15.9 Å². The molecule has 4 atom stereocenters. The third-order valence-electron chi connectivity index (χ3n) is 5.01. The van der Waals surface area contributed by atoms with Gasteiger partial charge in [0.25, 0.3) is 0 Å². The summed E-state index contributed by atoms with van der Waals surface area (Å²) in [6, 6.07) is 9.17. The maximum Gasteiger partial charge on any atom is 0.0220 e. The first-order valence-corrected chi connectivity index (χ1v) is 8.00. The topological polar surface area (TPSA) is 12.0 Å². The lowest BCUT2D eigenvalue weighted by atomic mass is 9.84. The van der Waals surface area contributed by atoms with Crippen molar-refractivity contribution in [2.75, 3.05) is 0 Å². The Balaban J connectivity index is 1.56. The van der Waals surface area contributed by atoms with Crippen LogP contribution >= 0.6 is 15.9 Å². The van der Waals surface area contributed by atoms with Crippen molar-refractivity contribution in [3.05, 3.63) is 34.3 Å². The van der Waals surface area contributed by atoms with E-state index in [0.717, 1.165) is 24.3 Å². The molecule has 18 heavy (non-hydrogen) atoms. The number of hydrogen-bond acceptors (Lipinski definition) is 1. The molecule has 2 saturated carbocycles. The Morgan fingerprint density at radius 3 is 2.78 bits per heavy atom. The molecule has 1 N–H and O–H groups in total. The zero-order chi connectivity index (χ0) is 12.5. The van der Waals surface area contributed by atoms with Crippen LogP contribution in [0.15, 0.2) is 28.7 Å². The van der Waals surface area contributed by atoms with Crippen LogP contribution in [0.4, 0.5) is 0 Å². The van der Waals surface area contributed by atoms with Gasteiger partial charge in [-0.05, 0) is 55.6 Å². The molecule has 0 aromatic heterocycles. The van der Waals surface area contributed by atoms with Crippen LogP contribution in [0, 0.1) is 17.8 Å². The van der Waals surface area contributed by atoms with Gasteiger partial charge in [0.2, 0.25) is 0 Å². The van der Waals surface area contributed by atoms with Gasteiger partial charge in [-0.25, -0.2) is 0 Å². The van der Waals surface area contributed by atoms with E-state index < -0.39 is 0 Å². The van der Waals surface area contributed by atoms with Crippen LogP contribution in [0.5, 0.6) is 0 Å². The van der Waals surface area contributed by atoms with Crippen LogP contribution in [0.2, 0.25) is 0 Å². The molecular weight excluding hydrogens is 286 g/mol. The van der Waals surface area contributed by atoms with Gasteiger partial charge in [-0.1, -0.05) is 40.5 Å². The molecule has 2 aliphatic rings. The molecule has 0 radical (unpaired) electrons. The second-order valence-corrected chi connectivity index (χ2v) is 6.95. The average molecular weight is 308 g/mol. The van der Waals surface area contributed by atoms with Gasteiger partial charge in [-0.2, -0.15) is 0 Å². The zero-order valence-corrected chi connectivity index (χ0v) is 12.6. The second-order valence-electron chi connectivity index (χ2n) is 6.10. The molecule has 98 valence electrons. The molecule has 0 spiro atoms. The van der Waals surface area contributed by atoms with Crippen molar-refractivity contribution in [2.24, 2.45) is 17.8 Å². The Labute approximate surface area is 118 Å². The molecule has 2 bridgehead atoms. The molecule has 2 aliphatic carbocycles. The fourth-order valence-electron chi connectivity index (χ4n) is 3.97. The van der Waals surface area contributed by atoms with E-state index >= 15 is 0 Å². The summed E-state index contributed by atoms with van der Waals surface area (Å²) in [5.41, 5.74) is 1.37. The lowest BCUT2D eigenvalue weighted by Gasteiger charge is -2.28. The molecule has 1 aromatic carbocycles. The fourth-order valence-corrected chi connectivity index (χ4v) is 4.40. The number of nitrogens with one attached hydrogen (secondary N) is 1. The predicted octanol–water partition coefficient (Wildman–Crippen LogP) is 4.36. The minimum atomic E-state index is 0.660. The van der Waals surface area contributed by atoms with Crippen LogP contribution in [-0.2, 0) is 6.54 Å². The second kappa shape index (κ2) is 5.34. The summed E-state index contributed by atoms with van der Waals surface area (Å²) in [6.07, 6.45) is 5.95. The lowest BCUT2D eigenvalue weighted by Crippen LogP contribution is -2.35. The molecule has 2 heteroatoms. The quantitative estimate of drug-likeness (QED) is 0.871. The Morgan fingerprint density at radius 2 is 2.11 bits per heavy atom. The van der Waals surface area contributed by atoms with Crippen molar-refractivity contribution in [3.63, 3.8) is 0 Å². The van der Waals surface area contributed by atoms with Gasteiger partial charge in [0.15, 0.2) is 0 Å². The fraction of sp³-hybridized carbons (Fsp3) is 0.625. The SMILES string of the molecule is C[C@@H](NCc1ccccc1Br)[C@@H]1C[C@H]2CC[C@H]1C2. The molecule has 0 amide bonds. The molecular formula is C16H22BrN. The van der Waals surface area contributed by atoms with E-state index in [1.54, 1.807) is 0 Å².